The largest absolute Gasteiger partial charge is 0.472 e. The van der Waals surface area contributed by atoms with E-state index in [0.29, 0.717) is 13.0 Å². The van der Waals surface area contributed by atoms with Crippen LogP contribution in [0.2, 0.25) is 0 Å². The molecule has 0 aromatic rings. The van der Waals surface area contributed by atoms with Crippen molar-refractivity contribution in [3.8, 4) is 0 Å². The average Bonchev–Trinajstić information content (AvgIpc) is 3.20. The molecule has 332 valence electrons. The zero-order chi connectivity index (χ0) is 41.6. The maximum Gasteiger partial charge on any atom is 0.472 e. The number of hydrogen-bond donors (Lipinski definition) is 2. The Morgan fingerprint density at radius 2 is 0.982 bits per heavy atom. The van der Waals surface area contributed by atoms with E-state index in [9.17, 15) is 14.3 Å². The second-order valence-corrected chi connectivity index (χ2v) is 16.7. The molecule has 3 N–H and O–H groups in total. The third-order valence-electron chi connectivity index (χ3n) is 9.70. The quantitative estimate of drug-likeness (QED) is 0.0270. The van der Waals surface area contributed by atoms with E-state index in [1.54, 1.807) is 0 Å². The van der Waals surface area contributed by atoms with Gasteiger partial charge in [-0.1, -0.05) is 197 Å². The summed E-state index contributed by atoms with van der Waals surface area (Å²) in [6, 6.07) is 0. The van der Waals surface area contributed by atoms with E-state index in [-0.39, 0.29) is 32.3 Å². The molecule has 0 spiro atoms. The van der Waals surface area contributed by atoms with Gasteiger partial charge in [-0.3, -0.25) is 13.8 Å². The number of nitrogens with two attached hydrogens (primary N) is 1. The molecule has 0 saturated carbocycles. The van der Waals surface area contributed by atoms with Crippen molar-refractivity contribution in [1.29, 1.82) is 0 Å². The normalized spacial score (nSPS) is 14.0. The number of rotatable bonds is 44. The van der Waals surface area contributed by atoms with Gasteiger partial charge in [0.15, 0.2) is 0 Å². The van der Waals surface area contributed by atoms with Gasteiger partial charge in [-0.25, -0.2) is 4.57 Å². The molecule has 0 saturated heterocycles. The molecule has 0 bridgehead atoms. The van der Waals surface area contributed by atoms with Crippen molar-refractivity contribution >= 4 is 13.8 Å². The van der Waals surface area contributed by atoms with Crippen molar-refractivity contribution in [2.24, 2.45) is 5.73 Å². The number of carbonyl (C=O) groups is 1. The fourth-order valence-electron chi connectivity index (χ4n) is 6.32. The molecule has 0 rings (SSSR count). The van der Waals surface area contributed by atoms with E-state index in [1.165, 1.54) is 109 Å². The number of carbonyl (C=O) groups excluding carboxylic acids is 1. The number of hydrogen-bond acceptors (Lipinski definition) is 7. The van der Waals surface area contributed by atoms with E-state index < -0.39 is 13.9 Å². The van der Waals surface area contributed by atoms with Crippen LogP contribution in [0.15, 0.2) is 60.8 Å². The first-order chi connectivity index (χ1) is 27.9. The van der Waals surface area contributed by atoms with Crippen molar-refractivity contribution in [2.75, 3.05) is 33.0 Å². The molecule has 0 amide bonds. The van der Waals surface area contributed by atoms with Crippen LogP contribution in [0.3, 0.4) is 0 Å². The van der Waals surface area contributed by atoms with Gasteiger partial charge >= 0.3 is 13.8 Å². The van der Waals surface area contributed by atoms with Crippen molar-refractivity contribution < 1.29 is 32.8 Å². The number of esters is 1. The highest BCUT2D eigenvalue weighted by molar-refractivity contribution is 7.47. The lowest BCUT2D eigenvalue weighted by Gasteiger charge is -2.20. The summed E-state index contributed by atoms with van der Waals surface area (Å²) in [5.74, 6) is -0.341. The van der Waals surface area contributed by atoms with E-state index >= 15 is 0 Å². The van der Waals surface area contributed by atoms with Crippen LogP contribution in [0.4, 0.5) is 0 Å². The Balaban J connectivity index is 4.02. The average molecular weight is 822 g/mol. The van der Waals surface area contributed by atoms with Crippen LogP contribution in [0.1, 0.15) is 200 Å². The lowest BCUT2D eigenvalue weighted by Crippen LogP contribution is -2.28. The zero-order valence-electron chi connectivity index (χ0n) is 36.8. The summed E-state index contributed by atoms with van der Waals surface area (Å²) in [5, 5.41) is 0. The number of phosphoric ester groups is 1. The predicted molar refractivity (Wildman–Crippen MR) is 242 cm³/mol. The third kappa shape index (κ3) is 45.1. The molecule has 2 atom stereocenters. The number of unbranched alkanes of at least 4 members (excludes halogenated alkanes) is 21. The predicted octanol–water partition coefficient (Wildman–Crippen LogP) is 14.1. The summed E-state index contributed by atoms with van der Waals surface area (Å²) in [6.45, 7) is 4.81. The van der Waals surface area contributed by atoms with Crippen LogP contribution >= 0.6 is 7.82 Å². The van der Waals surface area contributed by atoms with Gasteiger partial charge in [-0.05, 0) is 57.8 Å². The van der Waals surface area contributed by atoms with E-state index in [0.717, 1.165) is 70.6 Å². The Morgan fingerprint density at radius 3 is 1.47 bits per heavy atom. The van der Waals surface area contributed by atoms with Crippen LogP contribution in [0, 0.1) is 0 Å². The Kier molecular flexibility index (Phi) is 43.9. The SMILES string of the molecule is CC/C=C\C/C=C\C/C=C\C/C=C\C/C=C\CCCCCCCCCC(=O)OC(COCCCCCCCCCCCCCCCCC)COP(=O)(O)OCCN. The summed E-state index contributed by atoms with van der Waals surface area (Å²) in [4.78, 5) is 22.5. The van der Waals surface area contributed by atoms with Crippen LogP contribution in [0.25, 0.3) is 0 Å². The number of allylic oxidation sites excluding steroid dienone is 10. The van der Waals surface area contributed by atoms with Crippen LogP contribution < -0.4 is 5.73 Å². The molecule has 0 aliphatic heterocycles. The lowest BCUT2D eigenvalue weighted by molar-refractivity contribution is -0.154. The first-order valence-electron chi connectivity index (χ1n) is 23.3. The number of ether oxygens (including phenoxy) is 2. The summed E-state index contributed by atoms with van der Waals surface area (Å²) in [6.07, 6.45) is 55.2. The molecule has 0 heterocycles. The van der Waals surface area contributed by atoms with E-state index in [1.807, 2.05) is 0 Å². The standard InChI is InChI=1S/C48H88NO7P/c1-3-5-7-9-11-13-15-17-19-20-21-22-23-24-25-26-27-29-31-33-35-37-39-41-48(50)56-47(46-55-57(51,52)54-44-42-49)45-53-43-40-38-36-34-32-30-28-18-16-14-12-10-8-6-4-2/h5,7,11,13,17,19,21-22,24-25,47H,3-4,6,8-10,12,14-16,18,20,23,26-46,49H2,1-2H3,(H,51,52)/b7-5-,13-11-,19-17-,22-21-,25-24-. The fourth-order valence-corrected chi connectivity index (χ4v) is 7.08. The maximum atomic E-state index is 12.6. The van der Waals surface area contributed by atoms with Crippen molar-refractivity contribution in [3.63, 3.8) is 0 Å². The van der Waals surface area contributed by atoms with Crippen LogP contribution in [-0.4, -0.2) is 49.9 Å². The minimum atomic E-state index is -4.28. The highest BCUT2D eigenvalue weighted by Gasteiger charge is 2.25. The summed E-state index contributed by atoms with van der Waals surface area (Å²) >= 11 is 0. The Hall–Kier alpha value is -1.80. The molecule has 0 aromatic carbocycles. The molecule has 0 aliphatic carbocycles. The van der Waals surface area contributed by atoms with Gasteiger partial charge < -0.3 is 20.1 Å². The Bertz CT molecular complexity index is 1060. The Labute approximate surface area is 351 Å². The van der Waals surface area contributed by atoms with Gasteiger partial charge in [-0.15, -0.1) is 0 Å². The summed E-state index contributed by atoms with van der Waals surface area (Å²) in [7, 11) is -4.28. The molecule has 57 heavy (non-hydrogen) atoms. The highest BCUT2D eigenvalue weighted by atomic mass is 31.2. The molecule has 0 fully saturated rings. The van der Waals surface area contributed by atoms with Gasteiger partial charge in [-0.2, -0.15) is 0 Å². The van der Waals surface area contributed by atoms with Crippen molar-refractivity contribution in [1.82, 2.24) is 0 Å². The fraction of sp³-hybridized carbons (Fsp3) is 0.771. The van der Waals surface area contributed by atoms with Gasteiger partial charge in [0.2, 0.25) is 0 Å². The molecule has 2 unspecified atom stereocenters. The van der Waals surface area contributed by atoms with Crippen LogP contribution in [0.5, 0.6) is 0 Å². The second kappa shape index (κ2) is 45.3. The molecule has 8 nitrogen and oxygen atoms in total. The number of phosphoric acid groups is 1. The second-order valence-electron chi connectivity index (χ2n) is 15.2. The van der Waals surface area contributed by atoms with Crippen LogP contribution in [-0.2, 0) is 27.9 Å². The molecule has 0 radical (unpaired) electrons. The Morgan fingerprint density at radius 1 is 0.544 bits per heavy atom. The van der Waals surface area contributed by atoms with E-state index in [4.69, 9.17) is 24.3 Å². The van der Waals surface area contributed by atoms with Crippen molar-refractivity contribution in [3.05, 3.63) is 60.8 Å². The molecule has 0 aliphatic rings. The maximum absolute atomic E-state index is 12.6. The third-order valence-corrected chi connectivity index (χ3v) is 10.7. The van der Waals surface area contributed by atoms with Gasteiger partial charge in [0, 0.05) is 19.6 Å². The van der Waals surface area contributed by atoms with Gasteiger partial charge in [0.25, 0.3) is 0 Å². The molecule has 0 aromatic heterocycles. The molecular formula is C48H88NO7P. The topological polar surface area (TPSA) is 117 Å². The minimum absolute atomic E-state index is 0.0970. The van der Waals surface area contributed by atoms with Crippen molar-refractivity contribution in [2.45, 2.75) is 206 Å². The van der Waals surface area contributed by atoms with Gasteiger partial charge in [0.05, 0.1) is 19.8 Å². The first kappa shape index (κ1) is 55.2. The summed E-state index contributed by atoms with van der Waals surface area (Å²) in [5.41, 5.74) is 5.38. The highest BCUT2D eigenvalue weighted by Crippen LogP contribution is 2.43. The van der Waals surface area contributed by atoms with Gasteiger partial charge in [0.1, 0.15) is 6.10 Å². The lowest BCUT2D eigenvalue weighted by atomic mass is 10.0. The molecular weight excluding hydrogens is 734 g/mol. The smallest absolute Gasteiger partial charge is 0.457 e. The zero-order valence-corrected chi connectivity index (χ0v) is 37.7. The van der Waals surface area contributed by atoms with E-state index in [2.05, 4.69) is 74.6 Å². The summed E-state index contributed by atoms with van der Waals surface area (Å²) < 4.78 is 33.5. The first-order valence-corrected chi connectivity index (χ1v) is 24.8. The monoisotopic (exact) mass is 822 g/mol. The minimum Gasteiger partial charge on any atom is -0.457 e. The molecule has 9 heteroatoms.